The number of amides is 1. The van der Waals surface area contributed by atoms with Gasteiger partial charge in [-0.05, 0) is 25.5 Å². The highest BCUT2D eigenvalue weighted by atomic mass is 19.1. The highest BCUT2D eigenvalue weighted by Gasteiger charge is 2.20. The highest BCUT2D eigenvalue weighted by molar-refractivity contribution is 5.98. The van der Waals surface area contributed by atoms with E-state index in [1.807, 2.05) is 13.8 Å². The van der Waals surface area contributed by atoms with Crippen LogP contribution >= 0.6 is 0 Å². The number of rotatable bonds is 9. The SMILES string of the molecule is CCCC(Nc1nc(Nc2cncc(-n3nccn3)c2)c(C(N)=O)cc1F)C(C)N. The van der Waals surface area contributed by atoms with Crippen LogP contribution in [0.15, 0.2) is 36.9 Å². The van der Waals surface area contributed by atoms with Crippen LogP contribution in [0, 0.1) is 5.82 Å². The fraction of sp³-hybridized carbons (Fsp3) is 0.316. The summed E-state index contributed by atoms with van der Waals surface area (Å²) in [5.41, 5.74) is 12.4. The lowest BCUT2D eigenvalue weighted by Gasteiger charge is -2.23. The van der Waals surface area contributed by atoms with Gasteiger partial charge in [0.05, 0.1) is 36.0 Å². The Kier molecular flexibility index (Phi) is 6.52. The molecule has 0 saturated carbocycles. The van der Waals surface area contributed by atoms with E-state index in [2.05, 4.69) is 30.8 Å². The number of carbonyl (C=O) groups excluding carboxylic acids is 1. The molecule has 0 aliphatic carbocycles. The van der Waals surface area contributed by atoms with Gasteiger partial charge in [-0.3, -0.25) is 9.78 Å². The third-order valence-corrected chi connectivity index (χ3v) is 4.43. The number of anilines is 3. The van der Waals surface area contributed by atoms with E-state index in [9.17, 15) is 9.18 Å². The molecule has 30 heavy (non-hydrogen) atoms. The van der Waals surface area contributed by atoms with Gasteiger partial charge in [0.15, 0.2) is 11.6 Å². The Bertz CT molecular complexity index is 1010. The molecule has 11 heteroatoms. The molecular weight excluding hydrogens is 389 g/mol. The first-order valence-electron chi connectivity index (χ1n) is 9.50. The van der Waals surface area contributed by atoms with Gasteiger partial charge in [0, 0.05) is 12.1 Å². The van der Waals surface area contributed by atoms with Crippen molar-refractivity contribution in [1.82, 2.24) is 25.0 Å². The first-order chi connectivity index (χ1) is 14.4. The zero-order valence-electron chi connectivity index (χ0n) is 16.7. The Morgan fingerprint density at radius 3 is 2.60 bits per heavy atom. The number of pyridine rings is 2. The predicted octanol–water partition coefficient (Wildman–Crippen LogP) is 1.97. The summed E-state index contributed by atoms with van der Waals surface area (Å²) in [4.78, 5) is 21.6. The highest BCUT2D eigenvalue weighted by Crippen LogP contribution is 2.25. The minimum atomic E-state index is -0.814. The van der Waals surface area contributed by atoms with Crippen molar-refractivity contribution in [3.63, 3.8) is 0 Å². The maximum absolute atomic E-state index is 14.6. The molecule has 2 unspecified atom stereocenters. The van der Waals surface area contributed by atoms with Crippen LogP contribution in [-0.4, -0.2) is 43.0 Å². The summed E-state index contributed by atoms with van der Waals surface area (Å²) in [7, 11) is 0. The molecule has 3 aromatic heterocycles. The van der Waals surface area contributed by atoms with Crippen molar-refractivity contribution in [2.75, 3.05) is 10.6 Å². The van der Waals surface area contributed by atoms with E-state index in [-0.39, 0.29) is 29.3 Å². The molecular formula is C19H24FN9O. The van der Waals surface area contributed by atoms with Crippen LogP contribution in [0.3, 0.4) is 0 Å². The molecule has 0 fully saturated rings. The number of aromatic nitrogens is 5. The van der Waals surface area contributed by atoms with Crippen molar-refractivity contribution in [3.05, 3.63) is 48.3 Å². The van der Waals surface area contributed by atoms with Gasteiger partial charge in [-0.25, -0.2) is 9.37 Å². The van der Waals surface area contributed by atoms with Gasteiger partial charge in [-0.2, -0.15) is 10.2 Å². The second-order valence-corrected chi connectivity index (χ2v) is 6.85. The fourth-order valence-corrected chi connectivity index (χ4v) is 2.92. The van der Waals surface area contributed by atoms with E-state index >= 15 is 0 Å². The van der Waals surface area contributed by atoms with E-state index in [1.165, 1.54) is 23.4 Å². The third kappa shape index (κ3) is 4.87. The van der Waals surface area contributed by atoms with Crippen LogP contribution in [0.2, 0.25) is 0 Å². The second-order valence-electron chi connectivity index (χ2n) is 6.85. The molecule has 0 saturated heterocycles. The maximum Gasteiger partial charge on any atom is 0.252 e. The molecule has 0 aromatic carbocycles. The van der Waals surface area contributed by atoms with Crippen molar-refractivity contribution in [2.45, 2.75) is 38.8 Å². The summed E-state index contributed by atoms with van der Waals surface area (Å²) in [6, 6.07) is 2.36. The van der Waals surface area contributed by atoms with Gasteiger partial charge < -0.3 is 22.1 Å². The number of halogens is 1. The molecule has 0 aliphatic rings. The molecule has 0 radical (unpaired) electrons. The van der Waals surface area contributed by atoms with Gasteiger partial charge in [-0.15, -0.1) is 4.80 Å². The smallest absolute Gasteiger partial charge is 0.252 e. The molecule has 10 nitrogen and oxygen atoms in total. The number of primary amides is 1. The molecule has 3 heterocycles. The Balaban J connectivity index is 1.95. The van der Waals surface area contributed by atoms with Crippen molar-refractivity contribution in [2.24, 2.45) is 11.5 Å². The Labute approximate surface area is 172 Å². The summed E-state index contributed by atoms with van der Waals surface area (Å²) in [5.74, 6) is -1.43. The molecule has 2 atom stereocenters. The standard InChI is InChI=1S/C19H24FN9O/c1-3-4-16(11(2)21)27-19-15(20)8-14(17(22)30)18(28-19)26-12-7-13(10-23-9-12)29-24-5-6-25-29/h5-11,16H,3-4,21H2,1-2H3,(H2,22,30)(H2,26,27,28). The van der Waals surface area contributed by atoms with Crippen LogP contribution in [0.25, 0.3) is 5.69 Å². The molecule has 0 bridgehead atoms. The summed E-state index contributed by atoms with van der Waals surface area (Å²) in [6.07, 6.45) is 7.78. The number of nitrogens with two attached hydrogens (primary N) is 2. The van der Waals surface area contributed by atoms with Gasteiger partial charge in [-0.1, -0.05) is 13.3 Å². The van der Waals surface area contributed by atoms with Crippen LogP contribution in [0.1, 0.15) is 37.0 Å². The summed E-state index contributed by atoms with van der Waals surface area (Å²) in [5, 5.41) is 14.1. The predicted molar refractivity (Wildman–Crippen MR) is 111 cm³/mol. The first kappa shape index (κ1) is 21.1. The number of hydrogen-bond acceptors (Lipinski definition) is 8. The number of nitrogens with zero attached hydrogens (tertiary/aromatic N) is 5. The van der Waals surface area contributed by atoms with E-state index in [4.69, 9.17) is 11.5 Å². The van der Waals surface area contributed by atoms with Crippen LogP contribution in [0.5, 0.6) is 0 Å². The number of hydrogen-bond donors (Lipinski definition) is 4. The Hall–Kier alpha value is -3.60. The first-order valence-corrected chi connectivity index (χ1v) is 9.50. The average Bonchev–Trinajstić information content (AvgIpc) is 3.24. The molecule has 0 spiro atoms. The van der Waals surface area contributed by atoms with Crippen LogP contribution < -0.4 is 22.1 Å². The monoisotopic (exact) mass is 413 g/mol. The van der Waals surface area contributed by atoms with Crippen molar-refractivity contribution >= 4 is 23.2 Å². The normalized spacial score (nSPS) is 12.9. The van der Waals surface area contributed by atoms with Gasteiger partial charge >= 0.3 is 0 Å². The zero-order chi connectivity index (χ0) is 21.7. The second kappa shape index (κ2) is 9.27. The van der Waals surface area contributed by atoms with Crippen LogP contribution in [0.4, 0.5) is 21.7 Å². The molecule has 158 valence electrons. The van der Waals surface area contributed by atoms with Crippen molar-refractivity contribution < 1.29 is 9.18 Å². The van der Waals surface area contributed by atoms with E-state index < -0.39 is 11.7 Å². The van der Waals surface area contributed by atoms with Gasteiger partial charge in [0.1, 0.15) is 11.5 Å². The number of nitrogens with one attached hydrogen (secondary N) is 2. The van der Waals surface area contributed by atoms with Crippen LogP contribution in [-0.2, 0) is 0 Å². The van der Waals surface area contributed by atoms with E-state index in [1.54, 1.807) is 12.3 Å². The molecule has 3 aromatic rings. The van der Waals surface area contributed by atoms with Crippen molar-refractivity contribution in [1.29, 1.82) is 0 Å². The topological polar surface area (TPSA) is 150 Å². The quantitative estimate of drug-likeness (QED) is 0.416. The van der Waals surface area contributed by atoms with Gasteiger partial charge in [0.2, 0.25) is 0 Å². The molecule has 0 aliphatic heterocycles. The zero-order valence-corrected chi connectivity index (χ0v) is 16.7. The maximum atomic E-state index is 14.6. The largest absolute Gasteiger partial charge is 0.365 e. The molecule has 3 rings (SSSR count). The summed E-state index contributed by atoms with van der Waals surface area (Å²) < 4.78 is 14.6. The minimum absolute atomic E-state index is 0.0175. The van der Waals surface area contributed by atoms with E-state index in [0.29, 0.717) is 11.4 Å². The fourth-order valence-electron chi connectivity index (χ4n) is 2.92. The lowest BCUT2D eigenvalue weighted by atomic mass is 10.1. The molecule has 1 amide bonds. The Morgan fingerprint density at radius 1 is 1.23 bits per heavy atom. The summed E-state index contributed by atoms with van der Waals surface area (Å²) in [6.45, 7) is 3.85. The average molecular weight is 413 g/mol. The van der Waals surface area contributed by atoms with Gasteiger partial charge in [0.25, 0.3) is 5.91 Å². The van der Waals surface area contributed by atoms with E-state index in [0.717, 1.165) is 18.9 Å². The number of carbonyl (C=O) groups is 1. The van der Waals surface area contributed by atoms with Crippen molar-refractivity contribution in [3.8, 4) is 5.69 Å². The lowest BCUT2D eigenvalue weighted by molar-refractivity contribution is 0.100. The minimum Gasteiger partial charge on any atom is -0.365 e. The molecule has 6 N–H and O–H groups in total. The third-order valence-electron chi connectivity index (χ3n) is 4.43. The Morgan fingerprint density at radius 2 is 1.97 bits per heavy atom. The lowest BCUT2D eigenvalue weighted by Crippen LogP contribution is -2.38. The summed E-state index contributed by atoms with van der Waals surface area (Å²) >= 11 is 0.